The average molecular weight is 350 g/mol. The Hall–Kier alpha value is -2.69. The van der Waals surface area contributed by atoms with Crippen LogP contribution in [0.25, 0.3) is 11.0 Å². The van der Waals surface area contributed by atoms with Crippen molar-refractivity contribution in [2.24, 2.45) is 13.0 Å². The molecule has 5 nitrogen and oxygen atoms in total. The van der Waals surface area contributed by atoms with Crippen LogP contribution in [0.3, 0.4) is 0 Å². The van der Waals surface area contributed by atoms with E-state index in [2.05, 4.69) is 48.3 Å². The van der Waals surface area contributed by atoms with Crippen LogP contribution < -0.4 is 5.32 Å². The Bertz CT molecular complexity index is 972. The second kappa shape index (κ2) is 6.90. The molecule has 0 saturated carbocycles. The highest BCUT2D eigenvalue weighted by Crippen LogP contribution is 2.27. The Morgan fingerprint density at radius 3 is 2.50 bits per heavy atom. The molecule has 2 aromatic heterocycles. The molecular formula is C21H26N4O. The van der Waals surface area contributed by atoms with E-state index in [-0.39, 0.29) is 17.9 Å². The molecular weight excluding hydrogens is 324 g/mol. The van der Waals surface area contributed by atoms with Crippen LogP contribution in [-0.2, 0) is 7.05 Å². The van der Waals surface area contributed by atoms with Crippen LogP contribution in [-0.4, -0.2) is 20.7 Å². The van der Waals surface area contributed by atoms with Gasteiger partial charge in [0, 0.05) is 12.7 Å². The van der Waals surface area contributed by atoms with Gasteiger partial charge in [0.05, 0.1) is 22.7 Å². The molecule has 0 radical (unpaired) electrons. The van der Waals surface area contributed by atoms with Gasteiger partial charge in [-0.3, -0.25) is 9.48 Å². The summed E-state index contributed by atoms with van der Waals surface area (Å²) >= 11 is 0. The minimum Gasteiger partial charge on any atom is -0.345 e. The van der Waals surface area contributed by atoms with Gasteiger partial charge in [-0.05, 0) is 43.9 Å². The Morgan fingerprint density at radius 2 is 1.85 bits per heavy atom. The lowest BCUT2D eigenvalue weighted by Crippen LogP contribution is -2.32. The second-order valence-corrected chi connectivity index (χ2v) is 7.27. The van der Waals surface area contributed by atoms with E-state index in [9.17, 15) is 4.79 Å². The first kappa shape index (κ1) is 18.1. The summed E-state index contributed by atoms with van der Waals surface area (Å²) in [6.07, 6.45) is 0. The predicted octanol–water partition coefficient (Wildman–Crippen LogP) is 4.02. The molecule has 0 spiro atoms. The van der Waals surface area contributed by atoms with Gasteiger partial charge in [0.25, 0.3) is 5.91 Å². The maximum absolute atomic E-state index is 13.2. The number of nitrogens with zero attached hydrogens (tertiary/aromatic N) is 3. The quantitative estimate of drug-likeness (QED) is 0.773. The second-order valence-electron chi connectivity index (χ2n) is 7.27. The molecule has 5 heteroatoms. The summed E-state index contributed by atoms with van der Waals surface area (Å²) in [5.74, 6) is 0.187. The van der Waals surface area contributed by atoms with E-state index in [1.54, 1.807) is 4.68 Å². The Labute approximate surface area is 154 Å². The predicted molar refractivity (Wildman–Crippen MR) is 104 cm³/mol. The Morgan fingerprint density at radius 1 is 1.15 bits per heavy atom. The third-order valence-corrected chi connectivity index (χ3v) is 4.82. The first-order chi connectivity index (χ1) is 12.3. The maximum Gasteiger partial charge on any atom is 0.252 e. The van der Waals surface area contributed by atoms with Crippen molar-refractivity contribution in [2.75, 3.05) is 0 Å². The van der Waals surface area contributed by atoms with E-state index in [4.69, 9.17) is 0 Å². The molecule has 136 valence electrons. The van der Waals surface area contributed by atoms with Gasteiger partial charge in [0.1, 0.15) is 0 Å². The lowest BCUT2D eigenvalue weighted by molar-refractivity contribution is 0.0927. The fraction of sp³-hybridized carbons (Fsp3) is 0.381. The molecule has 26 heavy (non-hydrogen) atoms. The molecule has 1 amide bonds. The van der Waals surface area contributed by atoms with Gasteiger partial charge < -0.3 is 5.32 Å². The zero-order chi connectivity index (χ0) is 19.0. The number of amides is 1. The molecule has 1 N–H and O–H groups in total. The van der Waals surface area contributed by atoms with Gasteiger partial charge in [-0.15, -0.1) is 0 Å². The average Bonchev–Trinajstić information content (AvgIpc) is 2.86. The number of hydrogen-bond donors (Lipinski definition) is 1. The van der Waals surface area contributed by atoms with Gasteiger partial charge in [0.15, 0.2) is 5.65 Å². The summed E-state index contributed by atoms with van der Waals surface area (Å²) in [6.45, 7) is 10.1. The normalized spacial score (nSPS) is 12.6. The number of pyridine rings is 1. The van der Waals surface area contributed by atoms with E-state index in [0.29, 0.717) is 5.56 Å². The van der Waals surface area contributed by atoms with Gasteiger partial charge in [-0.25, -0.2) is 4.98 Å². The number of rotatable bonds is 4. The minimum absolute atomic E-state index is 0.0517. The Balaban J connectivity index is 2.04. The first-order valence-electron chi connectivity index (χ1n) is 8.97. The molecule has 0 aliphatic carbocycles. The minimum atomic E-state index is -0.0847. The van der Waals surface area contributed by atoms with E-state index in [0.717, 1.165) is 28.0 Å². The molecule has 0 bridgehead atoms. The van der Waals surface area contributed by atoms with Crippen LogP contribution in [0.5, 0.6) is 0 Å². The number of carbonyl (C=O) groups excluding carboxylic acids is 1. The zero-order valence-corrected chi connectivity index (χ0v) is 16.3. The Kier molecular flexibility index (Phi) is 4.81. The molecule has 0 aliphatic rings. The number of benzene rings is 1. The van der Waals surface area contributed by atoms with Crippen molar-refractivity contribution in [1.82, 2.24) is 20.1 Å². The lowest BCUT2D eigenvalue weighted by atomic mass is 9.92. The number of nitrogens with one attached hydrogen (secondary N) is 1. The van der Waals surface area contributed by atoms with E-state index >= 15 is 0 Å². The smallest absolute Gasteiger partial charge is 0.252 e. The van der Waals surface area contributed by atoms with Gasteiger partial charge in [0.2, 0.25) is 0 Å². The highest BCUT2D eigenvalue weighted by molar-refractivity contribution is 6.06. The summed E-state index contributed by atoms with van der Waals surface area (Å²) < 4.78 is 1.73. The number of aryl methyl sites for hydroxylation is 4. The summed E-state index contributed by atoms with van der Waals surface area (Å²) in [7, 11) is 1.85. The molecule has 0 fully saturated rings. The number of aromatic nitrogens is 3. The van der Waals surface area contributed by atoms with Crippen LogP contribution in [0, 0.1) is 26.7 Å². The number of carbonyl (C=O) groups is 1. The molecule has 0 saturated heterocycles. The number of hydrogen-bond acceptors (Lipinski definition) is 3. The van der Waals surface area contributed by atoms with Crippen molar-refractivity contribution >= 4 is 16.9 Å². The summed E-state index contributed by atoms with van der Waals surface area (Å²) in [6, 6.07) is 10.0. The van der Waals surface area contributed by atoms with E-state index < -0.39 is 0 Å². The molecule has 2 heterocycles. The fourth-order valence-electron chi connectivity index (χ4n) is 3.51. The van der Waals surface area contributed by atoms with Crippen molar-refractivity contribution in [3.63, 3.8) is 0 Å². The van der Waals surface area contributed by atoms with Crippen LogP contribution in [0.15, 0.2) is 30.3 Å². The molecule has 1 aromatic carbocycles. The monoisotopic (exact) mass is 350 g/mol. The zero-order valence-electron chi connectivity index (χ0n) is 16.3. The molecule has 3 aromatic rings. The number of fused-ring (bicyclic) bond motifs is 1. The van der Waals surface area contributed by atoms with Crippen molar-refractivity contribution in [3.05, 3.63) is 58.4 Å². The van der Waals surface area contributed by atoms with Crippen LogP contribution in [0.4, 0.5) is 0 Å². The largest absolute Gasteiger partial charge is 0.345 e. The van der Waals surface area contributed by atoms with Crippen molar-refractivity contribution < 1.29 is 4.79 Å². The summed E-state index contributed by atoms with van der Waals surface area (Å²) in [5, 5.41) is 8.50. The van der Waals surface area contributed by atoms with Crippen LogP contribution in [0.2, 0.25) is 0 Å². The van der Waals surface area contributed by atoms with Crippen molar-refractivity contribution in [1.29, 1.82) is 0 Å². The van der Waals surface area contributed by atoms with Gasteiger partial charge in [-0.1, -0.05) is 38.1 Å². The SMILES string of the molecule is Cc1cc(C(=O)NC(c2ccccc2C)C(C)C)c2c(C)nn(C)c2n1. The highest BCUT2D eigenvalue weighted by Gasteiger charge is 2.23. The highest BCUT2D eigenvalue weighted by atomic mass is 16.1. The lowest BCUT2D eigenvalue weighted by Gasteiger charge is -2.25. The standard InChI is InChI=1S/C21H26N4O/c1-12(2)19(16-10-8-7-9-13(16)3)23-21(26)17-11-14(4)22-20-18(17)15(5)24-25(20)6/h7-12,19H,1-6H3,(H,23,26). The third-order valence-electron chi connectivity index (χ3n) is 4.82. The van der Waals surface area contributed by atoms with Gasteiger partial charge in [-0.2, -0.15) is 5.10 Å². The van der Waals surface area contributed by atoms with Crippen molar-refractivity contribution in [2.45, 2.75) is 40.7 Å². The van der Waals surface area contributed by atoms with E-state index in [1.165, 1.54) is 5.56 Å². The molecule has 1 unspecified atom stereocenters. The topological polar surface area (TPSA) is 59.8 Å². The van der Waals surface area contributed by atoms with Crippen molar-refractivity contribution in [3.8, 4) is 0 Å². The summed E-state index contributed by atoms with van der Waals surface area (Å²) in [5.41, 5.74) is 5.34. The van der Waals surface area contributed by atoms with E-state index in [1.807, 2.05) is 39.1 Å². The molecule has 3 rings (SSSR count). The maximum atomic E-state index is 13.2. The summed E-state index contributed by atoms with van der Waals surface area (Å²) in [4.78, 5) is 17.7. The third kappa shape index (κ3) is 3.21. The van der Waals surface area contributed by atoms with Crippen LogP contribution >= 0.6 is 0 Å². The molecule has 0 aliphatic heterocycles. The molecule has 1 atom stereocenters. The van der Waals surface area contributed by atoms with Gasteiger partial charge >= 0.3 is 0 Å². The first-order valence-corrected chi connectivity index (χ1v) is 8.97. The fourth-order valence-corrected chi connectivity index (χ4v) is 3.51. The van der Waals surface area contributed by atoms with Crippen LogP contribution in [0.1, 0.15) is 52.8 Å².